The second-order valence-corrected chi connectivity index (χ2v) is 6.09. The van der Waals surface area contributed by atoms with Crippen LogP contribution in [0.3, 0.4) is 0 Å². The summed E-state index contributed by atoms with van der Waals surface area (Å²) in [5.41, 5.74) is 4.95. The molecule has 4 heterocycles. The number of aromatic amines is 1. The van der Waals surface area contributed by atoms with E-state index in [1.165, 1.54) is 11.2 Å². The number of hydrogen-bond acceptors (Lipinski definition) is 5. The summed E-state index contributed by atoms with van der Waals surface area (Å²) in [6.07, 6.45) is 1.42. The third-order valence-corrected chi connectivity index (χ3v) is 4.80. The highest BCUT2D eigenvalue weighted by molar-refractivity contribution is 6.39. The molecular formula is C18H12N4O3. The number of fused-ring (bicyclic) bond motifs is 5. The first-order valence-electron chi connectivity index (χ1n) is 7.77. The number of nitrogens with zero attached hydrogens (tertiary/aromatic N) is 3. The van der Waals surface area contributed by atoms with Gasteiger partial charge in [-0.1, -0.05) is 0 Å². The topological polar surface area (TPSA) is 92.1 Å². The first-order chi connectivity index (χ1) is 12.1. The zero-order valence-corrected chi connectivity index (χ0v) is 13.5. The number of carbonyl (C=O) groups excluding carboxylic acids is 2. The number of benzene rings is 2. The Morgan fingerprint density at radius 1 is 0.960 bits per heavy atom. The fourth-order valence-corrected chi connectivity index (χ4v) is 3.37. The summed E-state index contributed by atoms with van der Waals surface area (Å²) >= 11 is 0. The van der Waals surface area contributed by atoms with E-state index in [-0.39, 0.29) is 11.8 Å². The Morgan fingerprint density at radius 2 is 1.56 bits per heavy atom. The zero-order valence-electron chi connectivity index (χ0n) is 13.5. The molecule has 7 heteroatoms. The lowest BCUT2D eigenvalue weighted by atomic mass is 10.0. The molecule has 0 saturated carbocycles. The van der Waals surface area contributed by atoms with E-state index in [1.807, 2.05) is 13.8 Å². The van der Waals surface area contributed by atoms with Gasteiger partial charge in [-0.15, -0.1) is 0 Å². The fourth-order valence-electron chi connectivity index (χ4n) is 3.37. The normalized spacial score (nSPS) is 14.1. The van der Waals surface area contributed by atoms with Crippen molar-refractivity contribution in [2.45, 2.75) is 13.8 Å². The van der Waals surface area contributed by atoms with Crippen molar-refractivity contribution in [2.24, 2.45) is 0 Å². The van der Waals surface area contributed by atoms with E-state index in [0.29, 0.717) is 33.8 Å². The lowest BCUT2D eigenvalue weighted by Gasteiger charge is -2.14. The number of rotatable bonds is 2. The van der Waals surface area contributed by atoms with Crippen LogP contribution < -0.4 is 4.90 Å². The summed E-state index contributed by atoms with van der Waals surface area (Å²) in [5.74, 6) is -0.0622. The molecule has 2 bridgehead atoms. The Labute approximate surface area is 141 Å². The van der Waals surface area contributed by atoms with Gasteiger partial charge in [0.05, 0.1) is 16.8 Å². The first kappa shape index (κ1) is 13.9. The number of amides is 2. The van der Waals surface area contributed by atoms with Gasteiger partial charge in [-0.2, -0.15) is 5.10 Å². The number of aryl methyl sites for hydroxylation is 2. The first-order valence-corrected chi connectivity index (χ1v) is 7.77. The van der Waals surface area contributed by atoms with Gasteiger partial charge in [0.2, 0.25) is 0 Å². The molecule has 0 atom stereocenters. The van der Waals surface area contributed by atoms with Gasteiger partial charge >= 0.3 is 0 Å². The number of anilines is 1. The van der Waals surface area contributed by atoms with Crippen LogP contribution in [0.2, 0.25) is 0 Å². The molecule has 7 nitrogen and oxygen atoms in total. The molecule has 0 radical (unpaired) electrons. The van der Waals surface area contributed by atoms with Gasteiger partial charge in [-0.25, -0.2) is 9.88 Å². The quantitative estimate of drug-likeness (QED) is 0.570. The number of aromatic nitrogens is 3. The van der Waals surface area contributed by atoms with Gasteiger partial charge < -0.3 is 4.42 Å². The van der Waals surface area contributed by atoms with Gasteiger partial charge in [-0.05, 0) is 49.2 Å². The van der Waals surface area contributed by atoms with Crippen LogP contribution in [0.1, 0.15) is 31.8 Å². The highest BCUT2D eigenvalue weighted by atomic mass is 16.3. The lowest BCUT2D eigenvalue weighted by molar-refractivity contribution is 0.0926. The highest BCUT2D eigenvalue weighted by Crippen LogP contribution is 2.42. The van der Waals surface area contributed by atoms with Gasteiger partial charge in [0, 0.05) is 5.56 Å². The van der Waals surface area contributed by atoms with Crippen LogP contribution >= 0.6 is 0 Å². The molecule has 5 rings (SSSR count). The molecule has 0 spiro atoms. The molecule has 1 N–H and O–H groups in total. The van der Waals surface area contributed by atoms with Crippen molar-refractivity contribution in [1.82, 2.24) is 15.2 Å². The van der Waals surface area contributed by atoms with Crippen molar-refractivity contribution in [3.05, 3.63) is 52.8 Å². The maximum Gasteiger partial charge on any atom is 0.270 e. The summed E-state index contributed by atoms with van der Waals surface area (Å²) in [5, 5.41) is 6.59. The van der Waals surface area contributed by atoms with Crippen LogP contribution in [-0.2, 0) is 0 Å². The van der Waals surface area contributed by atoms with Crippen molar-refractivity contribution >= 4 is 28.7 Å². The average Bonchev–Trinajstić information content (AvgIpc) is 3.36. The molecule has 1 aromatic carbocycles. The smallest absolute Gasteiger partial charge is 0.270 e. The molecule has 1 aliphatic rings. The molecule has 0 saturated heterocycles. The maximum absolute atomic E-state index is 12.8. The minimum atomic E-state index is -0.343. The Bertz CT molecular complexity index is 1090. The number of imide groups is 1. The van der Waals surface area contributed by atoms with E-state index < -0.39 is 0 Å². The van der Waals surface area contributed by atoms with Gasteiger partial charge in [0.1, 0.15) is 17.5 Å². The maximum atomic E-state index is 12.8. The minimum Gasteiger partial charge on any atom is -0.455 e. The molecule has 0 fully saturated rings. The minimum absolute atomic E-state index is 0.343. The van der Waals surface area contributed by atoms with Gasteiger partial charge in [-0.3, -0.25) is 14.7 Å². The molecule has 1 aliphatic heterocycles. The standard InChI is InChI=1S/C18H12N4O3/c1-8-9(2)15-13-12(14(8)25-15)17(23)22(18(13)24)11-5-3-10(4-6-11)16-19-7-20-21-16/h3-7H,1-2H3,(H,19,20,21). The monoisotopic (exact) mass is 332 g/mol. The van der Waals surface area contributed by atoms with Crippen LogP contribution in [0.4, 0.5) is 5.69 Å². The summed E-state index contributed by atoms with van der Waals surface area (Å²) < 4.78 is 5.65. The van der Waals surface area contributed by atoms with E-state index in [4.69, 9.17) is 4.42 Å². The summed E-state index contributed by atoms with van der Waals surface area (Å²) in [7, 11) is 0. The van der Waals surface area contributed by atoms with Crippen molar-refractivity contribution in [1.29, 1.82) is 0 Å². The summed E-state index contributed by atoms with van der Waals surface area (Å²) in [6, 6.07) is 7.03. The number of furan rings is 2. The predicted octanol–water partition coefficient (Wildman–Crippen LogP) is 3.07. The Balaban J connectivity index is 1.59. The van der Waals surface area contributed by atoms with Crippen molar-refractivity contribution < 1.29 is 14.0 Å². The second kappa shape index (κ2) is 4.54. The Kier molecular flexibility index (Phi) is 2.52. The molecule has 122 valence electrons. The average molecular weight is 332 g/mol. The lowest BCUT2D eigenvalue weighted by Crippen LogP contribution is -2.29. The van der Waals surface area contributed by atoms with E-state index in [2.05, 4.69) is 15.2 Å². The number of carbonyl (C=O) groups is 2. The molecule has 4 aromatic rings. The molecular weight excluding hydrogens is 320 g/mol. The SMILES string of the molecule is Cc1c(C)c2oc1c1c2C(=O)N(c2ccc(-c3ncn[nH]3)cc2)C1=O. The second-order valence-electron chi connectivity index (χ2n) is 6.09. The van der Waals surface area contributed by atoms with Crippen LogP contribution in [0, 0.1) is 13.8 Å². The molecule has 2 amide bonds. The van der Waals surface area contributed by atoms with Crippen LogP contribution in [0.25, 0.3) is 22.6 Å². The fraction of sp³-hybridized carbons (Fsp3) is 0.111. The molecule has 25 heavy (non-hydrogen) atoms. The van der Waals surface area contributed by atoms with Gasteiger partial charge in [0.15, 0.2) is 5.82 Å². The third kappa shape index (κ3) is 1.64. The van der Waals surface area contributed by atoms with Crippen LogP contribution in [-0.4, -0.2) is 27.0 Å². The largest absolute Gasteiger partial charge is 0.455 e. The third-order valence-electron chi connectivity index (χ3n) is 4.80. The van der Waals surface area contributed by atoms with E-state index in [1.54, 1.807) is 24.3 Å². The molecule has 3 aromatic heterocycles. The van der Waals surface area contributed by atoms with Crippen molar-refractivity contribution in [2.75, 3.05) is 4.90 Å². The van der Waals surface area contributed by atoms with E-state index in [0.717, 1.165) is 16.7 Å². The summed E-state index contributed by atoms with van der Waals surface area (Å²) in [4.78, 5) is 31.0. The predicted molar refractivity (Wildman–Crippen MR) is 89.8 cm³/mol. The van der Waals surface area contributed by atoms with Gasteiger partial charge in [0.25, 0.3) is 11.8 Å². The Hall–Kier alpha value is -3.48. The Morgan fingerprint density at radius 3 is 2.08 bits per heavy atom. The van der Waals surface area contributed by atoms with Crippen molar-refractivity contribution in [3.63, 3.8) is 0 Å². The summed E-state index contributed by atoms with van der Waals surface area (Å²) in [6.45, 7) is 3.79. The number of H-pyrrole nitrogens is 1. The van der Waals surface area contributed by atoms with Crippen LogP contribution in [0.15, 0.2) is 35.0 Å². The van der Waals surface area contributed by atoms with Crippen molar-refractivity contribution in [3.8, 4) is 11.4 Å². The van der Waals surface area contributed by atoms with Crippen LogP contribution in [0.5, 0.6) is 0 Å². The number of nitrogens with one attached hydrogen (secondary N) is 1. The molecule has 0 aliphatic carbocycles. The molecule has 0 unspecified atom stereocenters. The number of hydrogen-bond donors (Lipinski definition) is 1. The van der Waals surface area contributed by atoms with E-state index >= 15 is 0 Å². The van der Waals surface area contributed by atoms with E-state index in [9.17, 15) is 9.59 Å². The zero-order chi connectivity index (χ0) is 17.3. The highest BCUT2D eigenvalue weighted by Gasteiger charge is 2.44.